The molecule has 0 atom stereocenters. The highest BCUT2D eigenvalue weighted by Crippen LogP contribution is 2.38. The van der Waals surface area contributed by atoms with Crippen molar-refractivity contribution in [3.63, 3.8) is 0 Å². The Balaban J connectivity index is 1.94. The van der Waals surface area contributed by atoms with Gasteiger partial charge in [-0.1, -0.05) is 0 Å². The molecule has 8 heteroatoms. The lowest BCUT2D eigenvalue weighted by Crippen LogP contribution is -2.41. The van der Waals surface area contributed by atoms with Crippen LogP contribution < -0.4 is 0 Å². The minimum Gasteiger partial charge on any atom is -0.465 e. The molecule has 1 aliphatic heterocycles. The highest BCUT2D eigenvalue weighted by atomic mass is 16.7. The number of hydrogen-bond donors (Lipinski definition) is 2. The Hall–Kier alpha value is -2.16. The SMILES string of the molecule is COC(=O)c1ccc2c(C=C(CO)B3OC(C)(C)C(C)(C)O3)[nH]nc2c1. The zero-order valence-corrected chi connectivity index (χ0v) is 15.6. The number of methoxy groups -OCH3 is 1. The predicted octanol–water partition coefficient (Wildman–Crippen LogP) is 2.36. The van der Waals surface area contributed by atoms with Crippen LogP contribution in [0, 0.1) is 0 Å². The molecule has 0 saturated carbocycles. The lowest BCUT2D eigenvalue weighted by atomic mass is 9.78. The Labute approximate surface area is 152 Å². The van der Waals surface area contributed by atoms with Gasteiger partial charge in [-0.2, -0.15) is 5.10 Å². The molecule has 1 fully saturated rings. The molecule has 138 valence electrons. The summed E-state index contributed by atoms with van der Waals surface area (Å²) in [4.78, 5) is 11.6. The zero-order chi connectivity index (χ0) is 19.1. The zero-order valence-electron chi connectivity index (χ0n) is 15.6. The number of H-pyrrole nitrogens is 1. The van der Waals surface area contributed by atoms with Crippen LogP contribution in [0.2, 0.25) is 0 Å². The van der Waals surface area contributed by atoms with Gasteiger partial charge in [0.1, 0.15) is 0 Å². The molecule has 2 N–H and O–H groups in total. The van der Waals surface area contributed by atoms with Crippen molar-refractivity contribution in [1.82, 2.24) is 10.2 Å². The number of fused-ring (bicyclic) bond motifs is 1. The van der Waals surface area contributed by atoms with Crippen molar-refractivity contribution in [1.29, 1.82) is 0 Å². The molecule has 7 nitrogen and oxygen atoms in total. The second-order valence-electron chi connectivity index (χ2n) is 7.33. The van der Waals surface area contributed by atoms with Crippen molar-refractivity contribution in [3.05, 3.63) is 34.9 Å². The van der Waals surface area contributed by atoms with Crippen LogP contribution >= 0.6 is 0 Å². The van der Waals surface area contributed by atoms with Crippen LogP contribution in [-0.4, -0.2) is 53.3 Å². The number of hydrogen-bond acceptors (Lipinski definition) is 6. The average Bonchev–Trinajstić information content (AvgIpc) is 3.08. The van der Waals surface area contributed by atoms with Crippen LogP contribution in [0.4, 0.5) is 0 Å². The van der Waals surface area contributed by atoms with E-state index < -0.39 is 24.3 Å². The molecule has 0 spiro atoms. The molecule has 26 heavy (non-hydrogen) atoms. The summed E-state index contributed by atoms with van der Waals surface area (Å²) in [5.41, 5.74) is 1.37. The maximum Gasteiger partial charge on any atom is 0.492 e. The summed E-state index contributed by atoms with van der Waals surface area (Å²) in [6, 6.07) is 5.12. The van der Waals surface area contributed by atoms with E-state index >= 15 is 0 Å². The molecule has 0 unspecified atom stereocenters. The van der Waals surface area contributed by atoms with E-state index in [0.717, 1.165) is 5.39 Å². The minimum atomic E-state index is -0.641. The van der Waals surface area contributed by atoms with Gasteiger partial charge in [-0.15, -0.1) is 0 Å². The number of ether oxygens (including phenoxy) is 1. The fourth-order valence-electron chi connectivity index (χ4n) is 2.76. The van der Waals surface area contributed by atoms with Gasteiger partial charge in [0.15, 0.2) is 0 Å². The lowest BCUT2D eigenvalue weighted by Gasteiger charge is -2.32. The number of rotatable bonds is 4. The lowest BCUT2D eigenvalue weighted by molar-refractivity contribution is 0.00578. The fourth-order valence-corrected chi connectivity index (χ4v) is 2.76. The number of esters is 1. The van der Waals surface area contributed by atoms with Gasteiger partial charge < -0.3 is 19.2 Å². The standard InChI is InChI=1S/C18H23BN2O5/c1-17(2)18(3,4)26-19(25-17)12(10-22)9-15-13-7-6-11(16(23)24-5)8-14(13)20-21-15/h6-9,22H,10H2,1-5H3,(H,20,21). The Morgan fingerprint density at radius 3 is 2.54 bits per heavy atom. The first-order valence-corrected chi connectivity index (χ1v) is 8.42. The monoisotopic (exact) mass is 358 g/mol. The highest BCUT2D eigenvalue weighted by Gasteiger charge is 2.52. The van der Waals surface area contributed by atoms with Crippen molar-refractivity contribution in [2.45, 2.75) is 38.9 Å². The van der Waals surface area contributed by atoms with Crippen molar-refractivity contribution in [2.75, 3.05) is 13.7 Å². The Morgan fingerprint density at radius 1 is 1.31 bits per heavy atom. The van der Waals surface area contributed by atoms with E-state index in [1.807, 2.05) is 27.7 Å². The van der Waals surface area contributed by atoms with Crippen LogP contribution in [-0.2, 0) is 14.0 Å². The highest BCUT2D eigenvalue weighted by molar-refractivity contribution is 6.55. The van der Waals surface area contributed by atoms with Gasteiger partial charge in [0.05, 0.1) is 41.7 Å². The maximum absolute atomic E-state index is 11.6. The average molecular weight is 358 g/mol. The van der Waals surface area contributed by atoms with Gasteiger partial charge in [-0.3, -0.25) is 5.10 Å². The van der Waals surface area contributed by atoms with Gasteiger partial charge in [0.2, 0.25) is 0 Å². The molecule has 2 aromatic rings. The number of benzene rings is 1. The van der Waals surface area contributed by atoms with Crippen LogP contribution in [0.1, 0.15) is 43.7 Å². The predicted molar refractivity (Wildman–Crippen MR) is 98.6 cm³/mol. The third kappa shape index (κ3) is 3.16. The van der Waals surface area contributed by atoms with Crippen molar-refractivity contribution in [3.8, 4) is 0 Å². The topological polar surface area (TPSA) is 93.7 Å². The van der Waals surface area contributed by atoms with E-state index in [1.54, 1.807) is 24.3 Å². The number of nitrogens with zero attached hydrogens (tertiary/aromatic N) is 1. The second kappa shape index (κ2) is 6.53. The van der Waals surface area contributed by atoms with Crippen molar-refractivity contribution < 1.29 is 23.9 Å². The summed E-state index contributed by atoms with van der Waals surface area (Å²) >= 11 is 0. The van der Waals surface area contributed by atoms with E-state index in [-0.39, 0.29) is 6.61 Å². The van der Waals surface area contributed by atoms with Crippen molar-refractivity contribution >= 4 is 30.1 Å². The number of aromatic amines is 1. The summed E-state index contributed by atoms with van der Waals surface area (Å²) in [5, 5.41) is 17.8. The van der Waals surface area contributed by atoms with Crippen LogP contribution in [0.3, 0.4) is 0 Å². The van der Waals surface area contributed by atoms with Crippen molar-refractivity contribution in [2.24, 2.45) is 0 Å². The molecule has 1 aromatic carbocycles. The number of aliphatic hydroxyl groups is 1. The first-order chi connectivity index (χ1) is 12.2. The summed E-state index contributed by atoms with van der Waals surface area (Å²) in [5.74, 6) is -0.416. The smallest absolute Gasteiger partial charge is 0.465 e. The Morgan fingerprint density at radius 2 is 1.96 bits per heavy atom. The summed E-state index contributed by atoms with van der Waals surface area (Å²) in [7, 11) is 0.696. The van der Waals surface area contributed by atoms with Gasteiger partial charge in [0.25, 0.3) is 0 Å². The van der Waals surface area contributed by atoms with Crippen LogP contribution in [0.25, 0.3) is 17.0 Å². The summed E-state index contributed by atoms with van der Waals surface area (Å²) in [6.07, 6.45) is 1.77. The summed E-state index contributed by atoms with van der Waals surface area (Å²) < 4.78 is 16.7. The van der Waals surface area contributed by atoms with E-state index in [4.69, 9.17) is 14.0 Å². The van der Waals surface area contributed by atoms with E-state index in [1.165, 1.54) is 7.11 Å². The third-order valence-corrected chi connectivity index (χ3v) is 5.07. The molecule has 0 radical (unpaired) electrons. The van der Waals surface area contributed by atoms with Crippen LogP contribution in [0.5, 0.6) is 0 Å². The minimum absolute atomic E-state index is 0.211. The van der Waals surface area contributed by atoms with E-state index in [9.17, 15) is 9.90 Å². The number of carbonyl (C=O) groups excluding carboxylic acids is 1. The van der Waals surface area contributed by atoms with Gasteiger partial charge in [-0.25, -0.2) is 4.79 Å². The molecule has 3 rings (SSSR count). The molecule has 0 amide bonds. The van der Waals surface area contributed by atoms with Gasteiger partial charge in [-0.05, 0) is 57.4 Å². The first-order valence-electron chi connectivity index (χ1n) is 8.42. The first kappa shape index (κ1) is 18.6. The van der Waals surface area contributed by atoms with E-state index in [2.05, 4.69) is 10.2 Å². The molecule has 0 bridgehead atoms. The normalized spacial score (nSPS) is 19.2. The summed E-state index contributed by atoms with van der Waals surface area (Å²) in [6.45, 7) is 7.63. The molecule has 0 aliphatic carbocycles. The van der Waals surface area contributed by atoms with E-state index in [0.29, 0.717) is 22.2 Å². The largest absolute Gasteiger partial charge is 0.492 e. The number of carbonyl (C=O) groups is 1. The molecule has 1 saturated heterocycles. The quantitative estimate of drug-likeness (QED) is 0.644. The van der Waals surface area contributed by atoms with Gasteiger partial charge >= 0.3 is 13.1 Å². The third-order valence-electron chi connectivity index (χ3n) is 5.07. The Kier molecular flexibility index (Phi) is 4.68. The number of nitrogens with one attached hydrogen (secondary N) is 1. The molecular formula is C18H23BN2O5. The molecule has 1 aromatic heterocycles. The fraction of sp³-hybridized carbons (Fsp3) is 0.444. The molecular weight excluding hydrogens is 335 g/mol. The van der Waals surface area contributed by atoms with Crippen LogP contribution in [0.15, 0.2) is 23.7 Å². The molecule has 2 heterocycles. The molecule has 1 aliphatic rings. The second-order valence-corrected chi connectivity index (χ2v) is 7.33. The number of aromatic nitrogens is 2. The maximum atomic E-state index is 11.6. The number of aliphatic hydroxyl groups excluding tert-OH is 1. The Bertz CT molecular complexity index is 856. The van der Waals surface area contributed by atoms with Gasteiger partial charge in [0, 0.05) is 5.39 Å².